The molecular formula is C21H46N2O2. The quantitative estimate of drug-likeness (QED) is 0.514. The molecule has 0 radical (unpaired) electrons. The number of primary amides is 1. The molecule has 0 aromatic carbocycles. The second kappa shape index (κ2) is 14.4. The van der Waals surface area contributed by atoms with Crippen LogP contribution in [0.1, 0.15) is 99.8 Å². The van der Waals surface area contributed by atoms with Gasteiger partial charge in [0.25, 0.3) is 0 Å². The zero-order valence-corrected chi connectivity index (χ0v) is 18.2. The third kappa shape index (κ3) is 12.3. The minimum absolute atomic E-state index is 0.422. The van der Waals surface area contributed by atoms with Crippen LogP contribution in [0.4, 0.5) is 4.79 Å². The van der Waals surface area contributed by atoms with E-state index in [1.54, 1.807) is 0 Å². The lowest BCUT2D eigenvalue weighted by atomic mass is 9.80. The van der Waals surface area contributed by atoms with E-state index in [9.17, 15) is 0 Å². The van der Waals surface area contributed by atoms with Gasteiger partial charge >= 0.3 is 0 Å². The first kappa shape index (κ1) is 26.5. The smallest absolute Gasteiger partial charge is 0.131 e. The highest BCUT2D eigenvalue weighted by atomic mass is 16.4. The summed E-state index contributed by atoms with van der Waals surface area (Å²) < 4.78 is 1.40. The average Bonchev–Trinajstić information content (AvgIpc) is 2.51. The zero-order valence-electron chi connectivity index (χ0n) is 18.2. The molecule has 152 valence electrons. The molecule has 0 aliphatic heterocycles. The largest absolute Gasteiger partial charge is 0.530 e. The van der Waals surface area contributed by atoms with Crippen LogP contribution in [0.15, 0.2) is 0 Å². The van der Waals surface area contributed by atoms with Crippen molar-refractivity contribution in [1.29, 1.82) is 0 Å². The van der Waals surface area contributed by atoms with Gasteiger partial charge in [-0.1, -0.05) is 74.1 Å². The molecule has 0 fully saturated rings. The van der Waals surface area contributed by atoms with E-state index in [0.29, 0.717) is 5.41 Å². The highest BCUT2D eigenvalue weighted by Gasteiger charge is 2.42. The van der Waals surface area contributed by atoms with E-state index in [1.165, 1.54) is 75.5 Å². The minimum Gasteiger partial charge on any atom is -0.530 e. The molecular weight excluding hydrogens is 312 g/mol. The highest BCUT2D eigenvalue weighted by molar-refractivity contribution is 5.58. The minimum atomic E-state index is -1.58. The summed E-state index contributed by atoms with van der Waals surface area (Å²) in [6.07, 6.45) is 9.31. The van der Waals surface area contributed by atoms with Gasteiger partial charge in [0.15, 0.2) is 0 Å². The Balaban J connectivity index is 0. The van der Waals surface area contributed by atoms with Crippen LogP contribution in [-0.2, 0) is 0 Å². The second-order valence-electron chi connectivity index (χ2n) is 8.44. The Morgan fingerprint density at radius 2 is 1.20 bits per heavy atom. The Labute approximate surface area is 157 Å². The van der Waals surface area contributed by atoms with Crippen LogP contribution in [0.2, 0.25) is 0 Å². The number of nitrogens with zero attached hydrogens (tertiary/aromatic N) is 1. The molecule has 0 aromatic heterocycles. The Morgan fingerprint density at radius 1 is 0.880 bits per heavy atom. The molecule has 0 aliphatic carbocycles. The summed E-state index contributed by atoms with van der Waals surface area (Å²) in [7, 11) is 0. The molecule has 0 rings (SSSR count). The van der Waals surface area contributed by atoms with Crippen LogP contribution in [0.25, 0.3) is 0 Å². The summed E-state index contributed by atoms with van der Waals surface area (Å²) in [5, 5.41) is 8.67. The number of unbranched alkanes of at least 4 members (excludes halogenated alkanes) is 3. The number of rotatable bonds is 12. The van der Waals surface area contributed by atoms with Gasteiger partial charge < -0.3 is 20.1 Å². The Bertz CT molecular complexity index is 299. The summed E-state index contributed by atoms with van der Waals surface area (Å²) in [6, 6.07) is 0.826. The Hall–Kier alpha value is -0.770. The number of hydrogen-bond donors (Lipinski definition) is 1. The van der Waals surface area contributed by atoms with Gasteiger partial charge in [-0.2, -0.15) is 0 Å². The molecule has 0 saturated heterocycles. The summed E-state index contributed by atoms with van der Waals surface area (Å²) in [4.78, 5) is 8.67. The van der Waals surface area contributed by atoms with Gasteiger partial charge in [-0.25, -0.2) is 0 Å². The van der Waals surface area contributed by atoms with Gasteiger partial charge in [0.1, 0.15) is 6.09 Å². The molecule has 0 aromatic rings. The lowest BCUT2D eigenvalue weighted by molar-refractivity contribution is -0.958. The Kier molecular flexibility index (Phi) is 15.2. The van der Waals surface area contributed by atoms with Crippen LogP contribution < -0.4 is 10.8 Å². The van der Waals surface area contributed by atoms with Gasteiger partial charge in [0, 0.05) is 5.41 Å². The predicted molar refractivity (Wildman–Crippen MR) is 107 cm³/mol. The molecule has 1 atom stereocenters. The molecule has 1 amide bonds. The Morgan fingerprint density at radius 3 is 1.40 bits per heavy atom. The van der Waals surface area contributed by atoms with E-state index in [0.717, 1.165) is 6.04 Å². The van der Waals surface area contributed by atoms with E-state index in [4.69, 9.17) is 9.90 Å². The van der Waals surface area contributed by atoms with E-state index in [-0.39, 0.29) is 0 Å². The molecule has 0 bridgehead atoms. The normalized spacial score (nSPS) is 13.1. The van der Waals surface area contributed by atoms with Gasteiger partial charge in [0.05, 0.1) is 25.7 Å². The maximum Gasteiger partial charge on any atom is 0.131 e. The number of quaternary nitrogens is 1. The third-order valence-corrected chi connectivity index (χ3v) is 5.09. The van der Waals surface area contributed by atoms with E-state index < -0.39 is 6.09 Å². The van der Waals surface area contributed by atoms with E-state index >= 15 is 0 Å². The number of nitrogens with two attached hydrogens (primary N) is 1. The van der Waals surface area contributed by atoms with Crippen LogP contribution in [0, 0.1) is 5.41 Å². The van der Waals surface area contributed by atoms with Crippen molar-refractivity contribution < 1.29 is 14.4 Å². The van der Waals surface area contributed by atoms with Gasteiger partial charge in [0.2, 0.25) is 0 Å². The van der Waals surface area contributed by atoms with Gasteiger partial charge in [-0.05, 0) is 25.7 Å². The molecule has 4 heteroatoms. The first-order valence-corrected chi connectivity index (χ1v) is 10.4. The van der Waals surface area contributed by atoms with Crippen LogP contribution in [0.5, 0.6) is 0 Å². The fourth-order valence-corrected chi connectivity index (χ4v) is 4.02. The molecule has 0 heterocycles. The predicted octanol–water partition coefficient (Wildman–Crippen LogP) is 4.71. The molecule has 4 nitrogen and oxygen atoms in total. The van der Waals surface area contributed by atoms with E-state index in [1.807, 2.05) is 0 Å². The monoisotopic (exact) mass is 358 g/mol. The third-order valence-electron chi connectivity index (χ3n) is 5.09. The van der Waals surface area contributed by atoms with Crippen molar-refractivity contribution in [3.8, 4) is 0 Å². The maximum absolute atomic E-state index is 8.67. The maximum atomic E-state index is 8.67. The SMILES string of the molecule is CCCC[N+](CCCC)(CCCC)C(CCC)C(C)(C)C.NC(=O)[O-]. The molecule has 1 unspecified atom stereocenters. The van der Waals surface area contributed by atoms with Crippen LogP contribution in [0.3, 0.4) is 0 Å². The number of carbonyl (C=O) groups is 1. The number of hydrogen-bond acceptors (Lipinski definition) is 2. The summed E-state index contributed by atoms with van der Waals surface area (Å²) in [6.45, 7) is 21.0. The molecule has 0 saturated carbocycles. The topological polar surface area (TPSA) is 66.2 Å². The first-order chi connectivity index (χ1) is 11.6. The van der Waals surface area contributed by atoms with Crippen LogP contribution in [-0.4, -0.2) is 36.3 Å². The van der Waals surface area contributed by atoms with Crippen molar-refractivity contribution in [2.24, 2.45) is 11.1 Å². The number of amides is 1. The zero-order chi connectivity index (χ0) is 19.9. The van der Waals surface area contributed by atoms with Crippen molar-refractivity contribution in [3.63, 3.8) is 0 Å². The van der Waals surface area contributed by atoms with E-state index in [2.05, 4.69) is 54.2 Å². The summed E-state index contributed by atoms with van der Waals surface area (Å²) in [5.74, 6) is 0. The van der Waals surface area contributed by atoms with Gasteiger partial charge in [-0.3, -0.25) is 0 Å². The van der Waals surface area contributed by atoms with Crippen LogP contribution >= 0.6 is 0 Å². The van der Waals surface area contributed by atoms with Crippen molar-refractivity contribution in [3.05, 3.63) is 0 Å². The average molecular weight is 359 g/mol. The van der Waals surface area contributed by atoms with Crippen molar-refractivity contribution in [2.75, 3.05) is 19.6 Å². The number of carboxylic acid groups (broad SMARTS) is 1. The second-order valence-corrected chi connectivity index (χ2v) is 8.44. The van der Waals surface area contributed by atoms with Crippen molar-refractivity contribution >= 4 is 6.09 Å². The van der Waals surface area contributed by atoms with Gasteiger partial charge in [-0.15, -0.1) is 0 Å². The molecule has 2 N–H and O–H groups in total. The standard InChI is InChI=1S/C20H44N.CH3NO2/c1-8-12-16-21(17-13-9-2,18-14-10-3)19(15-11-4)20(5,6)7;2-1(3)4/h19H,8-18H2,1-7H3;2H2,(H,3,4)/q+1;/p-1. The molecule has 25 heavy (non-hydrogen) atoms. The lowest BCUT2D eigenvalue weighted by Gasteiger charge is -2.51. The number of carbonyl (C=O) groups excluding carboxylic acids is 1. The fraction of sp³-hybridized carbons (Fsp3) is 0.952. The molecule has 0 spiro atoms. The molecule has 0 aliphatic rings. The van der Waals surface area contributed by atoms with Crippen molar-refractivity contribution in [2.45, 2.75) is 106 Å². The fourth-order valence-electron chi connectivity index (χ4n) is 4.02. The summed E-state index contributed by atoms with van der Waals surface area (Å²) >= 11 is 0. The van der Waals surface area contributed by atoms with Crippen molar-refractivity contribution in [1.82, 2.24) is 0 Å². The summed E-state index contributed by atoms with van der Waals surface area (Å²) in [5.41, 5.74) is 4.34. The highest BCUT2D eigenvalue weighted by Crippen LogP contribution is 2.35. The first-order valence-electron chi connectivity index (χ1n) is 10.4. The lowest BCUT2D eigenvalue weighted by Crippen LogP contribution is -2.61.